The summed E-state index contributed by atoms with van der Waals surface area (Å²) in [5.74, 6) is -3.52. The molecule has 2 aliphatic rings. The second kappa shape index (κ2) is 5.70. The number of rotatable bonds is 1. The molecular weight excluding hydrogens is 375 g/mol. The number of aliphatic imine (C=N–C) groups is 2. The number of guanidine groups is 2. The Labute approximate surface area is 139 Å². The summed E-state index contributed by atoms with van der Waals surface area (Å²) in [6.45, 7) is 0. The van der Waals surface area contributed by atoms with Crippen molar-refractivity contribution in [2.45, 2.75) is 37.8 Å². The highest BCUT2D eigenvalue weighted by Crippen LogP contribution is 2.43. The average Bonchev–Trinajstić information content (AvgIpc) is 2.48. The Hall–Kier alpha value is -1.77. The van der Waals surface area contributed by atoms with Crippen LogP contribution in [0.1, 0.15) is 32.1 Å². The molecule has 124 valence electrons. The second-order valence-electron chi connectivity index (χ2n) is 5.64. The first-order chi connectivity index (χ1) is 10.9. The highest BCUT2D eigenvalue weighted by Gasteiger charge is 2.44. The van der Waals surface area contributed by atoms with Gasteiger partial charge >= 0.3 is 0 Å². The number of benzene rings is 1. The molecule has 1 aromatic carbocycles. The molecule has 1 heterocycles. The van der Waals surface area contributed by atoms with Gasteiger partial charge in [0.2, 0.25) is 11.9 Å². The van der Waals surface area contributed by atoms with Crippen LogP contribution in [0.25, 0.3) is 0 Å². The summed E-state index contributed by atoms with van der Waals surface area (Å²) in [5, 5.41) is 0. The molecule has 3 rings (SSSR count). The van der Waals surface area contributed by atoms with Crippen LogP contribution in [-0.4, -0.2) is 17.6 Å². The van der Waals surface area contributed by atoms with E-state index in [4.69, 9.17) is 11.5 Å². The van der Waals surface area contributed by atoms with Gasteiger partial charge in [0, 0.05) is 6.07 Å². The fraction of sp³-hybridized carbons (Fsp3) is 0.429. The van der Waals surface area contributed by atoms with Crippen LogP contribution in [0.3, 0.4) is 0 Å². The van der Waals surface area contributed by atoms with E-state index >= 15 is 0 Å². The zero-order valence-corrected chi connectivity index (χ0v) is 13.7. The van der Waals surface area contributed by atoms with Crippen LogP contribution in [0, 0.1) is 17.5 Å². The minimum Gasteiger partial charge on any atom is -0.369 e. The lowest BCUT2D eigenvalue weighted by atomic mass is 9.87. The number of hydrogen-bond acceptors (Lipinski definition) is 5. The molecule has 1 aliphatic heterocycles. The number of hydrogen-bond donors (Lipinski definition) is 2. The van der Waals surface area contributed by atoms with Crippen molar-refractivity contribution in [1.29, 1.82) is 0 Å². The van der Waals surface area contributed by atoms with Crippen molar-refractivity contribution >= 4 is 33.5 Å². The van der Waals surface area contributed by atoms with Crippen LogP contribution >= 0.6 is 15.9 Å². The SMILES string of the molecule is NC1=NC2(CCCCC2)N(c2c(F)cc(F)c(F)c2Br)C(N)=N1. The van der Waals surface area contributed by atoms with Crippen molar-refractivity contribution < 1.29 is 13.2 Å². The lowest BCUT2D eigenvalue weighted by Gasteiger charge is -2.45. The first-order valence-electron chi connectivity index (χ1n) is 7.18. The van der Waals surface area contributed by atoms with Gasteiger partial charge in [0.05, 0.1) is 10.2 Å². The third kappa shape index (κ3) is 2.56. The molecule has 0 saturated heterocycles. The second-order valence-corrected chi connectivity index (χ2v) is 6.43. The van der Waals surface area contributed by atoms with Gasteiger partial charge in [-0.3, -0.25) is 4.90 Å². The summed E-state index contributed by atoms with van der Waals surface area (Å²) in [5.41, 5.74) is 10.5. The van der Waals surface area contributed by atoms with Gasteiger partial charge in [0.1, 0.15) is 5.66 Å². The van der Waals surface area contributed by atoms with Gasteiger partial charge in [-0.05, 0) is 41.6 Å². The molecule has 0 radical (unpaired) electrons. The van der Waals surface area contributed by atoms with Crippen LogP contribution in [0.5, 0.6) is 0 Å². The maximum absolute atomic E-state index is 14.4. The molecule has 23 heavy (non-hydrogen) atoms. The largest absolute Gasteiger partial charge is 0.369 e. The number of nitrogens with zero attached hydrogens (tertiary/aromatic N) is 3. The molecule has 0 atom stereocenters. The highest BCUT2D eigenvalue weighted by atomic mass is 79.9. The van der Waals surface area contributed by atoms with Crippen molar-refractivity contribution in [1.82, 2.24) is 0 Å². The summed E-state index contributed by atoms with van der Waals surface area (Å²) >= 11 is 2.92. The van der Waals surface area contributed by atoms with E-state index in [1.807, 2.05) is 0 Å². The van der Waals surface area contributed by atoms with Crippen molar-refractivity contribution in [3.8, 4) is 0 Å². The number of anilines is 1. The van der Waals surface area contributed by atoms with E-state index in [0.717, 1.165) is 19.3 Å². The molecular formula is C14H15BrF3N5. The topological polar surface area (TPSA) is 80.0 Å². The zero-order chi connectivity index (χ0) is 16.8. The maximum Gasteiger partial charge on any atom is 0.220 e. The summed E-state index contributed by atoms with van der Waals surface area (Å²) in [6, 6.07) is 0.487. The van der Waals surface area contributed by atoms with Crippen LogP contribution in [0.15, 0.2) is 20.5 Å². The molecule has 0 bridgehead atoms. The number of halogens is 4. The van der Waals surface area contributed by atoms with E-state index in [-0.39, 0.29) is 22.1 Å². The molecule has 5 nitrogen and oxygen atoms in total. The quantitative estimate of drug-likeness (QED) is 0.572. The molecule has 1 saturated carbocycles. The summed E-state index contributed by atoms with van der Waals surface area (Å²) in [4.78, 5) is 9.56. The third-order valence-corrected chi connectivity index (χ3v) is 4.89. The molecule has 4 N–H and O–H groups in total. The van der Waals surface area contributed by atoms with Crippen molar-refractivity contribution in [3.05, 3.63) is 28.0 Å². The first-order valence-corrected chi connectivity index (χ1v) is 7.98. The maximum atomic E-state index is 14.4. The standard InChI is InChI=1S/C14H15BrF3N5/c15-9-10(18)7(16)6-8(17)11(9)23-13(20)21-12(19)22-14(23)4-2-1-3-5-14/h6H,1-5H2,(H4,19,20,21,22). The molecule has 1 spiro atoms. The predicted molar refractivity (Wildman–Crippen MR) is 85.6 cm³/mol. The van der Waals surface area contributed by atoms with E-state index in [9.17, 15) is 13.2 Å². The fourth-order valence-electron chi connectivity index (χ4n) is 3.21. The Morgan fingerprint density at radius 1 is 1.09 bits per heavy atom. The van der Waals surface area contributed by atoms with Gasteiger partial charge in [0.15, 0.2) is 17.5 Å². The van der Waals surface area contributed by atoms with Gasteiger partial charge in [-0.1, -0.05) is 6.42 Å². The summed E-state index contributed by atoms with van der Waals surface area (Å²) in [7, 11) is 0. The lowest BCUT2D eigenvalue weighted by Crippen LogP contribution is -2.58. The van der Waals surface area contributed by atoms with E-state index in [1.165, 1.54) is 4.90 Å². The fourth-order valence-corrected chi connectivity index (χ4v) is 3.76. The Morgan fingerprint density at radius 2 is 1.74 bits per heavy atom. The Kier molecular flexibility index (Phi) is 3.99. The van der Waals surface area contributed by atoms with E-state index < -0.39 is 23.1 Å². The molecule has 1 aromatic rings. The minimum atomic E-state index is -1.29. The zero-order valence-electron chi connectivity index (χ0n) is 12.1. The molecule has 0 aromatic heterocycles. The Balaban J connectivity index is 2.21. The monoisotopic (exact) mass is 389 g/mol. The molecule has 0 amide bonds. The third-order valence-electron chi connectivity index (χ3n) is 4.16. The smallest absolute Gasteiger partial charge is 0.220 e. The van der Waals surface area contributed by atoms with Gasteiger partial charge in [-0.2, -0.15) is 4.99 Å². The van der Waals surface area contributed by atoms with Crippen molar-refractivity contribution in [2.24, 2.45) is 21.5 Å². The number of nitrogens with two attached hydrogens (primary N) is 2. The normalized spacial score (nSPS) is 20.4. The van der Waals surface area contributed by atoms with Crippen LogP contribution < -0.4 is 16.4 Å². The van der Waals surface area contributed by atoms with Gasteiger partial charge in [-0.15, -0.1) is 0 Å². The average molecular weight is 390 g/mol. The van der Waals surface area contributed by atoms with Gasteiger partial charge in [0.25, 0.3) is 0 Å². The molecule has 9 heteroatoms. The van der Waals surface area contributed by atoms with Crippen LogP contribution in [0.2, 0.25) is 0 Å². The Morgan fingerprint density at radius 3 is 2.39 bits per heavy atom. The van der Waals surface area contributed by atoms with Gasteiger partial charge in [-0.25, -0.2) is 18.2 Å². The summed E-state index contributed by atoms with van der Waals surface area (Å²) < 4.78 is 41.4. The molecule has 1 aliphatic carbocycles. The summed E-state index contributed by atoms with van der Waals surface area (Å²) in [6.07, 6.45) is 3.81. The van der Waals surface area contributed by atoms with Crippen LogP contribution in [-0.2, 0) is 0 Å². The van der Waals surface area contributed by atoms with Gasteiger partial charge < -0.3 is 11.5 Å². The minimum absolute atomic E-state index is 0.000218. The van der Waals surface area contributed by atoms with E-state index in [0.29, 0.717) is 18.9 Å². The predicted octanol–water partition coefficient (Wildman–Crippen LogP) is 2.98. The molecule has 0 unspecified atom stereocenters. The van der Waals surface area contributed by atoms with E-state index in [1.54, 1.807) is 0 Å². The molecule has 1 fully saturated rings. The lowest BCUT2D eigenvalue weighted by molar-refractivity contribution is 0.303. The van der Waals surface area contributed by atoms with E-state index in [2.05, 4.69) is 25.9 Å². The highest BCUT2D eigenvalue weighted by molar-refractivity contribution is 9.10. The van der Waals surface area contributed by atoms with Crippen molar-refractivity contribution in [3.63, 3.8) is 0 Å². The van der Waals surface area contributed by atoms with Crippen LogP contribution in [0.4, 0.5) is 18.9 Å². The Bertz CT molecular complexity index is 713. The van der Waals surface area contributed by atoms with Crippen molar-refractivity contribution in [2.75, 3.05) is 4.90 Å². The first kappa shape index (κ1) is 16.1.